The molecule has 1 saturated carbocycles. The molecule has 1 N–H and O–H groups in total. The van der Waals surface area contributed by atoms with Crippen molar-refractivity contribution < 1.29 is 0 Å². The number of nitrogens with one attached hydrogen (secondary N) is 1. The summed E-state index contributed by atoms with van der Waals surface area (Å²) < 4.78 is 0. The van der Waals surface area contributed by atoms with Crippen molar-refractivity contribution in [1.82, 2.24) is 15.1 Å². The molecule has 0 radical (unpaired) electrons. The van der Waals surface area contributed by atoms with E-state index in [0.717, 1.165) is 19.6 Å². The molecular formula is C11H22N4. The molecule has 0 aliphatic heterocycles. The zero-order valence-electron chi connectivity index (χ0n) is 10.0. The van der Waals surface area contributed by atoms with Gasteiger partial charge in [-0.3, -0.25) is 5.32 Å². The third-order valence-electron chi connectivity index (χ3n) is 2.59. The van der Waals surface area contributed by atoms with Crippen molar-refractivity contribution in [1.29, 1.82) is 5.26 Å². The Labute approximate surface area is 92.8 Å². The monoisotopic (exact) mass is 210 g/mol. The Balaban J connectivity index is 2.15. The third kappa shape index (κ3) is 5.73. The molecule has 1 aliphatic carbocycles. The van der Waals surface area contributed by atoms with E-state index in [4.69, 9.17) is 5.26 Å². The van der Waals surface area contributed by atoms with Gasteiger partial charge in [0.05, 0.1) is 6.07 Å². The van der Waals surface area contributed by atoms with Crippen LogP contribution in [0.4, 0.5) is 0 Å². The summed E-state index contributed by atoms with van der Waals surface area (Å²) in [5, 5.41) is 12.3. The maximum atomic E-state index is 8.98. The van der Waals surface area contributed by atoms with Crippen molar-refractivity contribution in [2.45, 2.75) is 24.9 Å². The first-order chi connectivity index (χ1) is 7.11. The minimum Gasteiger partial charge on any atom is -0.308 e. The maximum absolute atomic E-state index is 8.98. The van der Waals surface area contributed by atoms with Gasteiger partial charge in [-0.2, -0.15) is 5.26 Å². The number of likely N-dealkylation sites (N-methyl/N-ethyl adjacent to an activating group) is 2. The van der Waals surface area contributed by atoms with Crippen LogP contribution in [0.3, 0.4) is 0 Å². The molecule has 1 rings (SSSR count). The van der Waals surface area contributed by atoms with Crippen LogP contribution in [0.5, 0.6) is 0 Å². The van der Waals surface area contributed by atoms with Crippen molar-refractivity contribution in [3.63, 3.8) is 0 Å². The van der Waals surface area contributed by atoms with Gasteiger partial charge in [0.15, 0.2) is 0 Å². The van der Waals surface area contributed by atoms with Gasteiger partial charge in [0, 0.05) is 25.7 Å². The molecule has 0 amide bonds. The van der Waals surface area contributed by atoms with Gasteiger partial charge in [-0.15, -0.1) is 0 Å². The predicted octanol–water partition coefficient (Wildman–Crippen LogP) is 0.124. The Kier molecular flexibility index (Phi) is 5.03. The number of rotatable bonds is 7. The lowest BCUT2D eigenvalue weighted by Gasteiger charge is -2.22. The average Bonchev–Trinajstić information content (AvgIpc) is 2.97. The highest BCUT2D eigenvalue weighted by Crippen LogP contribution is 2.19. The van der Waals surface area contributed by atoms with Gasteiger partial charge in [-0.25, -0.2) is 0 Å². The first-order valence-corrected chi connectivity index (χ1v) is 5.60. The topological polar surface area (TPSA) is 42.3 Å². The van der Waals surface area contributed by atoms with Crippen LogP contribution >= 0.6 is 0 Å². The molecule has 4 nitrogen and oxygen atoms in total. The number of nitriles is 1. The van der Waals surface area contributed by atoms with Crippen LogP contribution < -0.4 is 5.32 Å². The summed E-state index contributed by atoms with van der Waals surface area (Å²) >= 11 is 0. The van der Waals surface area contributed by atoms with E-state index in [0.29, 0.717) is 6.04 Å². The summed E-state index contributed by atoms with van der Waals surface area (Å²) in [7, 11) is 6.21. The van der Waals surface area contributed by atoms with Gasteiger partial charge in [-0.05, 0) is 34.0 Å². The van der Waals surface area contributed by atoms with Crippen LogP contribution in [0.15, 0.2) is 0 Å². The molecule has 0 saturated heterocycles. The fourth-order valence-corrected chi connectivity index (χ4v) is 1.44. The molecule has 0 aromatic heterocycles. The minimum atomic E-state index is -0.00957. The highest BCUT2D eigenvalue weighted by Gasteiger charge is 2.24. The molecule has 0 aromatic carbocycles. The summed E-state index contributed by atoms with van der Waals surface area (Å²) in [5.41, 5.74) is 0. The van der Waals surface area contributed by atoms with E-state index >= 15 is 0 Å². The lowest BCUT2D eigenvalue weighted by Crippen LogP contribution is -2.41. The van der Waals surface area contributed by atoms with Crippen molar-refractivity contribution in [3.8, 4) is 6.07 Å². The Morgan fingerprint density at radius 3 is 2.47 bits per heavy atom. The number of hydrogen-bond donors (Lipinski definition) is 1. The van der Waals surface area contributed by atoms with Gasteiger partial charge in [0.2, 0.25) is 0 Å². The molecule has 0 aromatic rings. The molecule has 15 heavy (non-hydrogen) atoms. The van der Waals surface area contributed by atoms with E-state index < -0.39 is 0 Å². The van der Waals surface area contributed by atoms with Crippen LogP contribution in [0.2, 0.25) is 0 Å². The van der Waals surface area contributed by atoms with E-state index in [1.54, 1.807) is 0 Å². The van der Waals surface area contributed by atoms with Gasteiger partial charge >= 0.3 is 0 Å². The fraction of sp³-hybridized carbons (Fsp3) is 0.909. The lowest BCUT2D eigenvalue weighted by atomic mass is 10.3. The number of nitrogens with zero attached hydrogens (tertiary/aromatic N) is 3. The van der Waals surface area contributed by atoms with E-state index in [1.165, 1.54) is 12.8 Å². The smallest absolute Gasteiger partial charge is 0.108 e. The molecule has 0 spiro atoms. The second kappa shape index (κ2) is 6.06. The third-order valence-corrected chi connectivity index (χ3v) is 2.59. The Morgan fingerprint density at radius 1 is 1.33 bits per heavy atom. The zero-order chi connectivity index (χ0) is 11.3. The first-order valence-electron chi connectivity index (χ1n) is 5.60. The van der Waals surface area contributed by atoms with E-state index in [-0.39, 0.29) is 6.04 Å². The van der Waals surface area contributed by atoms with Crippen LogP contribution in [0.25, 0.3) is 0 Å². The van der Waals surface area contributed by atoms with Crippen LogP contribution in [0, 0.1) is 11.3 Å². The molecule has 1 aliphatic rings. The second-order valence-electron chi connectivity index (χ2n) is 4.69. The molecule has 86 valence electrons. The lowest BCUT2D eigenvalue weighted by molar-refractivity contribution is 0.269. The molecular weight excluding hydrogens is 188 g/mol. The van der Waals surface area contributed by atoms with Crippen LogP contribution in [0.1, 0.15) is 12.8 Å². The molecule has 1 unspecified atom stereocenters. The SMILES string of the molecule is CN(C)CCN(C)CC(C#N)NC1CC1. The molecule has 0 bridgehead atoms. The maximum Gasteiger partial charge on any atom is 0.108 e. The zero-order valence-corrected chi connectivity index (χ0v) is 10.0. The van der Waals surface area contributed by atoms with Gasteiger partial charge < -0.3 is 9.80 Å². The summed E-state index contributed by atoms with van der Waals surface area (Å²) in [6.07, 6.45) is 2.47. The largest absolute Gasteiger partial charge is 0.308 e. The van der Waals surface area contributed by atoms with Crippen LogP contribution in [-0.4, -0.2) is 62.7 Å². The van der Waals surface area contributed by atoms with Crippen molar-refractivity contribution in [2.24, 2.45) is 0 Å². The van der Waals surface area contributed by atoms with E-state index in [1.807, 2.05) is 0 Å². The highest BCUT2D eigenvalue weighted by molar-refractivity contribution is 4.97. The molecule has 1 fully saturated rings. The molecule has 4 heteroatoms. The Bertz CT molecular complexity index is 217. The van der Waals surface area contributed by atoms with E-state index in [2.05, 4.69) is 42.3 Å². The van der Waals surface area contributed by atoms with Crippen LogP contribution in [-0.2, 0) is 0 Å². The second-order valence-corrected chi connectivity index (χ2v) is 4.69. The highest BCUT2D eigenvalue weighted by atomic mass is 15.2. The summed E-state index contributed by atoms with van der Waals surface area (Å²) in [6.45, 7) is 2.87. The predicted molar refractivity (Wildman–Crippen MR) is 61.6 cm³/mol. The minimum absolute atomic E-state index is 0.00957. The Morgan fingerprint density at radius 2 is 2.00 bits per heavy atom. The quantitative estimate of drug-likeness (QED) is 0.648. The molecule has 1 atom stereocenters. The fourth-order valence-electron chi connectivity index (χ4n) is 1.44. The summed E-state index contributed by atoms with van der Waals surface area (Å²) in [6, 6.07) is 2.92. The van der Waals surface area contributed by atoms with Crippen molar-refractivity contribution in [2.75, 3.05) is 40.8 Å². The Hall–Kier alpha value is -0.630. The summed E-state index contributed by atoms with van der Waals surface area (Å²) in [5.74, 6) is 0. The van der Waals surface area contributed by atoms with Crippen molar-refractivity contribution >= 4 is 0 Å². The standard InChI is InChI=1S/C11H22N4/c1-14(2)6-7-15(3)9-11(8-12)13-10-4-5-10/h10-11,13H,4-7,9H2,1-3H3. The average molecular weight is 210 g/mol. The number of hydrogen-bond acceptors (Lipinski definition) is 4. The molecule has 0 heterocycles. The van der Waals surface area contributed by atoms with Gasteiger partial charge in [-0.1, -0.05) is 0 Å². The summed E-state index contributed by atoms with van der Waals surface area (Å²) in [4.78, 5) is 4.37. The van der Waals surface area contributed by atoms with Gasteiger partial charge in [0.1, 0.15) is 6.04 Å². The van der Waals surface area contributed by atoms with Gasteiger partial charge in [0.25, 0.3) is 0 Å². The first kappa shape index (κ1) is 12.4. The normalized spacial score (nSPS) is 18.1. The van der Waals surface area contributed by atoms with E-state index in [9.17, 15) is 0 Å². The van der Waals surface area contributed by atoms with Crippen molar-refractivity contribution in [3.05, 3.63) is 0 Å².